The van der Waals surface area contributed by atoms with Gasteiger partial charge < -0.3 is 18.9 Å². The van der Waals surface area contributed by atoms with Crippen LogP contribution in [-0.2, 0) is 14.3 Å². The van der Waals surface area contributed by atoms with Gasteiger partial charge >= 0.3 is 11.9 Å². The van der Waals surface area contributed by atoms with E-state index in [1.54, 1.807) is 19.1 Å². The summed E-state index contributed by atoms with van der Waals surface area (Å²) in [7, 11) is 0. The first-order valence-electron chi connectivity index (χ1n) is 5.88. The normalized spacial score (nSPS) is 16.6. The summed E-state index contributed by atoms with van der Waals surface area (Å²) in [6.45, 7) is 3.39. The molecule has 2 rings (SSSR count). The monoisotopic (exact) mass is 266 g/mol. The number of carbonyl (C=O) groups excluding carboxylic acids is 2. The molecule has 0 saturated heterocycles. The van der Waals surface area contributed by atoms with E-state index in [0.717, 1.165) is 0 Å². The molecule has 1 atom stereocenters. The Balaban J connectivity index is 2.13. The van der Waals surface area contributed by atoms with Crippen LogP contribution in [0.4, 0.5) is 0 Å². The molecule has 0 bridgehead atoms. The van der Waals surface area contributed by atoms with E-state index in [1.165, 1.54) is 13.0 Å². The second kappa shape index (κ2) is 5.60. The van der Waals surface area contributed by atoms with E-state index in [2.05, 4.69) is 0 Å². The SMILES string of the molecule is CCOC(=O)C1COc2ccc(OC(C)=O)cc2O1. The lowest BCUT2D eigenvalue weighted by Crippen LogP contribution is -2.37. The molecule has 0 saturated carbocycles. The lowest BCUT2D eigenvalue weighted by atomic mass is 10.2. The van der Waals surface area contributed by atoms with E-state index >= 15 is 0 Å². The maximum absolute atomic E-state index is 11.6. The van der Waals surface area contributed by atoms with Crippen molar-refractivity contribution < 1.29 is 28.5 Å². The van der Waals surface area contributed by atoms with E-state index in [4.69, 9.17) is 18.9 Å². The van der Waals surface area contributed by atoms with Crippen molar-refractivity contribution in [1.29, 1.82) is 0 Å². The molecule has 1 aromatic carbocycles. The van der Waals surface area contributed by atoms with Crippen LogP contribution < -0.4 is 14.2 Å². The fourth-order valence-electron chi connectivity index (χ4n) is 1.63. The summed E-state index contributed by atoms with van der Waals surface area (Å²) in [6.07, 6.45) is -0.806. The van der Waals surface area contributed by atoms with Gasteiger partial charge in [-0.15, -0.1) is 0 Å². The van der Waals surface area contributed by atoms with Gasteiger partial charge in [0.1, 0.15) is 12.4 Å². The van der Waals surface area contributed by atoms with Crippen molar-refractivity contribution in [3.63, 3.8) is 0 Å². The molecule has 19 heavy (non-hydrogen) atoms. The number of hydrogen-bond donors (Lipinski definition) is 0. The Labute approximate surface area is 110 Å². The van der Waals surface area contributed by atoms with Gasteiger partial charge in [0.2, 0.25) is 6.10 Å². The van der Waals surface area contributed by atoms with Gasteiger partial charge in [-0.3, -0.25) is 4.79 Å². The van der Waals surface area contributed by atoms with Crippen LogP contribution in [-0.4, -0.2) is 31.3 Å². The first-order chi connectivity index (χ1) is 9.10. The van der Waals surface area contributed by atoms with E-state index in [1.807, 2.05) is 0 Å². The smallest absolute Gasteiger partial charge is 0.350 e. The third kappa shape index (κ3) is 3.15. The largest absolute Gasteiger partial charge is 0.485 e. The molecule has 6 nitrogen and oxygen atoms in total. The number of hydrogen-bond acceptors (Lipinski definition) is 6. The number of ether oxygens (including phenoxy) is 4. The van der Waals surface area contributed by atoms with Crippen molar-refractivity contribution >= 4 is 11.9 Å². The van der Waals surface area contributed by atoms with Gasteiger partial charge in [0, 0.05) is 13.0 Å². The van der Waals surface area contributed by atoms with Crippen molar-refractivity contribution in [2.24, 2.45) is 0 Å². The zero-order valence-corrected chi connectivity index (χ0v) is 10.7. The molecule has 0 N–H and O–H groups in total. The van der Waals surface area contributed by atoms with Crippen molar-refractivity contribution in [2.45, 2.75) is 20.0 Å². The molecule has 102 valence electrons. The van der Waals surface area contributed by atoms with Crippen molar-refractivity contribution in [2.75, 3.05) is 13.2 Å². The molecule has 0 amide bonds. The maximum Gasteiger partial charge on any atom is 0.350 e. The van der Waals surface area contributed by atoms with Crippen LogP contribution in [0.25, 0.3) is 0 Å². The van der Waals surface area contributed by atoms with Gasteiger partial charge in [0.25, 0.3) is 0 Å². The summed E-state index contributed by atoms with van der Waals surface area (Å²) < 4.78 is 20.7. The third-order valence-corrected chi connectivity index (χ3v) is 2.39. The fraction of sp³-hybridized carbons (Fsp3) is 0.385. The highest BCUT2D eigenvalue weighted by Gasteiger charge is 2.29. The van der Waals surface area contributed by atoms with Gasteiger partial charge in [0.15, 0.2) is 11.5 Å². The maximum atomic E-state index is 11.6. The topological polar surface area (TPSA) is 71.1 Å². The van der Waals surface area contributed by atoms with Gasteiger partial charge in [-0.25, -0.2) is 4.79 Å². The van der Waals surface area contributed by atoms with Gasteiger partial charge in [0.05, 0.1) is 6.61 Å². The van der Waals surface area contributed by atoms with Gasteiger partial charge in [-0.05, 0) is 19.1 Å². The predicted octanol–water partition coefficient (Wildman–Crippen LogP) is 1.31. The number of fused-ring (bicyclic) bond motifs is 1. The van der Waals surface area contributed by atoms with Crippen LogP contribution in [0.15, 0.2) is 18.2 Å². The molecule has 6 heteroatoms. The Bertz CT molecular complexity index is 496. The molecule has 0 fully saturated rings. The van der Waals surface area contributed by atoms with Crippen LogP contribution in [0.2, 0.25) is 0 Å². The van der Waals surface area contributed by atoms with Crippen molar-refractivity contribution in [3.05, 3.63) is 18.2 Å². The van der Waals surface area contributed by atoms with Crippen LogP contribution >= 0.6 is 0 Å². The lowest BCUT2D eigenvalue weighted by Gasteiger charge is -2.25. The second-order valence-electron chi connectivity index (χ2n) is 3.87. The van der Waals surface area contributed by atoms with Gasteiger partial charge in [-0.1, -0.05) is 0 Å². The zero-order chi connectivity index (χ0) is 13.8. The summed E-state index contributed by atoms with van der Waals surface area (Å²) in [5.41, 5.74) is 0. The van der Waals surface area contributed by atoms with Crippen molar-refractivity contribution in [3.8, 4) is 17.2 Å². The summed E-state index contributed by atoms with van der Waals surface area (Å²) >= 11 is 0. The number of esters is 2. The molecule has 0 aliphatic carbocycles. The molecule has 1 heterocycles. The van der Waals surface area contributed by atoms with Crippen molar-refractivity contribution in [1.82, 2.24) is 0 Å². The first kappa shape index (κ1) is 13.2. The predicted molar refractivity (Wildman–Crippen MR) is 64.3 cm³/mol. The summed E-state index contributed by atoms with van der Waals surface area (Å²) in [5, 5.41) is 0. The average molecular weight is 266 g/mol. The Morgan fingerprint density at radius 2 is 2.16 bits per heavy atom. The molecular weight excluding hydrogens is 252 g/mol. The fourth-order valence-corrected chi connectivity index (χ4v) is 1.63. The molecule has 1 unspecified atom stereocenters. The number of carbonyl (C=O) groups is 2. The summed E-state index contributed by atoms with van der Waals surface area (Å²) in [4.78, 5) is 22.4. The third-order valence-electron chi connectivity index (χ3n) is 2.39. The Morgan fingerprint density at radius 3 is 2.84 bits per heavy atom. The van der Waals surface area contributed by atoms with Crippen LogP contribution in [0.1, 0.15) is 13.8 Å². The highest BCUT2D eigenvalue weighted by atomic mass is 16.6. The highest BCUT2D eigenvalue weighted by Crippen LogP contribution is 2.35. The van der Waals surface area contributed by atoms with E-state index in [9.17, 15) is 9.59 Å². The Morgan fingerprint density at radius 1 is 1.37 bits per heavy atom. The average Bonchev–Trinajstić information content (AvgIpc) is 2.37. The molecule has 0 aromatic heterocycles. The minimum absolute atomic E-state index is 0.0960. The Kier molecular flexibility index (Phi) is 3.89. The standard InChI is InChI=1S/C13H14O6/c1-3-16-13(15)12-7-17-10-5-4-9(18-8(2)14)6-11(10)19-12/h4-6,12H,3,7H2,1-2H3. The zero-order valence-electron chi connectivity index (χ0n) is 10.7. The minimum atomic E-state index is -0.806. The first-order valence-corrected chi connectivity index (χ1v) is 5.88. The molecular formula is C13H14O6. The molecule has 1 aliphatic rings. The highest BCUT2D eigenvalue weighted by molar-refractivity contribution is 5.76. The lowest BCUT2D eigenvalue weighted by molar-refractivity contribution is -0.154. The quantitative estimate of drug-likeness (QED) is 0.607. The van der Waals surface area contributed by atoms with Crippen LogP contribution in [0.5, 0.6) is 17.2 Å². The number of rotatable bonds is 3. The van der Waals surface area contributed by atoms with E-state index in [-0.39, 0.29) is 13.2 Å². The molecule has 1 aromatic rings. The Hall–Kier alpha value is -2.24. The summed E-state index contributed by atoms with van der Waals surface area (Å²) in [5.74, 6) is 0.267. The summed E-state index contributed by atoms with van der Waals surface area (Å²) in [6, 6.07) is 4.71. The number of benzene rings is 1. The van der Waals surface area contributed by atoms with E-state index < -0.39 is 18.0 Å². The van der Waals surface area contributed by atoms with Gasteiger partial charge in [-0.2, -0.15) is 0 Å². The molecule has 0 radical (unpaired) electrons. The molecule has 0 spiro atoms. The molecule has 1 aliphatic heterocycles. The van der Waals surface area contributed by atoms with E-state index in [0.29, 0.717) is 17.2 Å². The second-order valence-corrected chi connectivity index (χ2v) is 3.87. The van der Waals surface area contributed by atoms with Crippen LogP contribution in [0.3, 0.4) is 0 Å². The minimum Gasteiger partial charge on any atom is -0.485 e. The van der Waals surface area contributed by atoms with Crippen LogP contribution in [0, 0.1) is 0 Å².